The lowest BCUT2D eigenvalue weighted by atomic mass is 10.1. The van der Waals surface area contributed by atoms with Crippen LogP contribution in [0, 0.1) is 10.1 Å². The van der Waals surface area contributed by atoms with Gasteiger partial charge in [-0.2, -0.15) is 0 Å². The summed E-state index contributed by atoms with van der Waals surface area (Å²) in [6, 6.07) is 13.3. The van der Waals surface area contributed by atoms with E-state index in [4.69, 9.17) is 0 Å². The van der Waals surface area contributed by atoms with Crippen LogP contribution >= 0.6 is 0 Å². The highest BCUT2D eigenvalue weighted by molar-refractivity contribution is 6.05. The van der Waals surface area contributed by atoms with Gasteiger partial charge in [-0.15, -0.1) is 0 Å². The van der Waals surface area contributed by atoms with Crippen LogP contribution in [0.1, 0.15) is 41.9 Å². The zero-order valence-electron chi connectivity index (χ0n) is 17.7. The number of hydrogen-bond acceptors (Lipinski definition) is 7. The number of hydrogen-bond donors (Lipinski definition) is 2. The minimum Gasteiger partial charge on any atom is -0.371 e. The molecule has 1 aliphatic rings. The lowest BCUT2D eigenvalue weighted by Gasteiger charge is -2.16. The molecule has 32 heavy (non-hydrogen) atoms. The van der Waals surface area contributed by atoms with E-state index >= 15 is 0 Å². The quantitative estimate of drug-likeness (QED) is 0.420. The van der Waals surface area contributed by atoms with Crippen molar-refractivity contribution in [3.05, 3.63) is 82.3 Å². The summed E-state index contributed by atoms with van der Waals surface area (Å²) in [5, 5.41) is 17.5. The molecule has 0 aliphatic carbocycles. The predicted octanol–water partition coefficient (Wildman–Crippen LogP) is 4.41. The lowest BCUT2D eigenvalue weighted by Crippen LogP contribution is -2.19. The Morgan fingerprint density at radius 3 is 2.59 bits per heavy atom. The van der Waals surface area contributed by atoms with Crippen molar-refractivity contribution in [2.24, 2.45) is 0 Å². The third kappa shape index (κ3) is 4.83. The van der Waals surface area contributed by atoms with Gasteiger partial charge in [-0.1, -0.05) is 6.07 Å². The SMILES string of the molecule is CC(Nc1ccc(C(=O)Nc2ccc(N3CCCC3)nc2)cc1[N+](=O)[O-])c1ccccn1. The standard InChI is InChI=1S/C23H24N6O3/c1-16(19-6-2-3-11-24-19)26-20-9-7-17(14-21(20)29(31)32)23(30)27-18-8-10-22(25-15-18)28-12-4-5-13-28/h2-3,6-11,14-16,26H,4-5,12-13H2,1H3,(H,27,30). The molecule has 1 amide bonds. The Morgan fingerprint density at radius 1 is 1.12 bits per heavy atom. The van der Waals surface area contributed by atoms with E-state index in [1.165, 1.54) is 6.07 Å². The molecule has 1 atom stereocenters. The second-order valence-electron chi connectivity index (χ2n) is 7.66. The van der Waals surface area contributed by atoms with E-state index in [9.17, 15) is 14.9 Å². The number of aromatic nitrogens is 2. The number of carbonyl (C=O) groups is 1. The molecule has 2 aromatic heterocycles. The molecule has 4 rings (SSSR count). The lowest BCUT2D eigenvalue weighted by molar-refractivity contribution is -0.384. The van der Waals surface area contributed by atoms with Gasteiger partial charge in [-0.25, -0.2) is 4.98 Å². The fourth-order valence-electron chi connectivity index (χ4n) is 3.68. The van der Waals surface area contributed by atoms with E-state index in [0.717, 1.165) is 37.4 Å². The number of nitro groups is 1. The number of anilines is 3. The highest BCUT2D eigenvalue weighted by Gasteiger charge is 2.20. The Morgan fingerprint density at radius 2 is 1.94 bits per heavy atom. The van der Waals surface area contributed by atoms with E-state index in [0.29, 0.717) is 11.4 Å². The molecular formula is C23H24N6O3. The van der Waals surface area contributed by atoms with Gasteiger partial charge in [0.15, 0.2) is 0 Å². The van der Waals surface area contributed by atoms with Crippen molar-refractivity contribution >= 4 is 28.8 Å². The maximum Gasteiger partial charge on any atom is 0.293 e. The maximum atomic E-state index is 12.7. The first-order valence-corrected chi connectivity index (χ1v) is 10.5. The zero-order valence-corrected chi connectivity index (χ0v) is 17.7. The molecule has 1 saturated heterocycles. The molecule has 0 bridgehead atoms. The molecular weight excluding hydrogens is 408 g/mol. The summed E-state index contributed by atoms with van der Waals surface area (Å²) in [6.45, 7) is 3.84. The van der Waals surface area contributed by atoms with Gasteiger partial charge in [0.05, 0.1) is 28.5 Å². The average molecular weight is 432 g/mol. The van der Waals surface area contributed by atoms with Crippen LogP contribution in [0.4, 0.5) is 22.9 Å². The molecule has 9 heteroatoms. The van der Waals surface area contributed by atoms with E-state index in [2.05, 4.69) is 25.5 Å². The van der Waals surface area contributed by atoms with Crippen molar-refractivity contribution in [1.29, 1.82) is 0 Å². The summed E-state index contributed by atoms with van der Waals surface area (Å²) in [6.07, 6.45) is 5.58. The average Bonchev–Trinajstić information content (AvgIpc) is 3.35. The van der Waals surface area contributed by atoms with Crippen LogP contribution in [0.25, 0.3) is 0 Å². The monoisotopic (exact) mass is 432 g/mol. The van der Waals surface area contributed by atoms with Gasteiger partial charge in [-0.05, 0) is 56.2 Å². The summed E-state index contributed by atoms with van der Waals surface area (Å²) in [5.74, 6) is 0.446. The number of nitrogens with one attached hydrogen (secondary N) is 2. The first-order chi connectivity index (χ1) is 15.5. The van der Waals surface area contributed by atoms with Crippen molar-refractivity contribution in [2.45, 2.75) is 25.8 Å². The predicted molar refractivity (Wildman–Crippen MR) is 123 cm³/mol. The third-order valence-electron chi connectivity index (χ3n) is 5.40. The summed E-state index contributed by atoms with van der Waals surface area (Å²) in [7, 11) is 0. The fraction of sp³-hybridized carbons (Fsp3) is 0.261. The summed E-state index contributed by atoms with van der Waals surface area (Å²) >= 11 is 0. The number of benzene rings is 1. The Kier molecular flexibility index (Phi) is 6.25. The van der Waals surface area contributed by atoms with Crippen molar-refractivity contribution in [1.82, 2.24) is 9.97 Å². The summed E-state index contributed by atoms with van der Waals surface area (Å²) in [4.78, 5) is 34.7. The van der Waals surface area contributed by atoms with Crippen LogP contribution in [0.15, 0.2) is 60.9 Å². The molecule has 3 heterocycles. The van der Waals surface area contributed by atoms with Crippen LogP contribution in [0.3, 0.4) is 0 Å². The molecule has 1 aliphatic heterocycles. The molecule has 3 aromatic rings. The molecule has 2 N–H and O–H groups in total. The number of rotatable bonds is 7. The number of nitrogens with zero attached hydrogens (tertiary/aromatic N) is 4. The van der Waals surface area contributed by atoms with Gasteiger partial charge >= 0.3 is 0 Å². The molecule has 164 valence electrons. The van der Waals surface area contributed by atoms with Crippen molar-refractivity contribution in [3.8, 4) is 0 Å². The van der Waals surface area contributed by atoms with Gasteiger partial charge in [0.1, 0.15) is 11.5 Å². The van der Waals surface area contributed by atoms with Crippen LogP contribution in [0.2, 0.25) is 0 Å². The van der Waals surface area contributed by atoms with E-state index in [1.54, 1.807) is 30.6 Å². The molecule has 1 fully saturated rings. The van der Waals surface area contributed by atoms with Gasteiger partial charge < -0.3 is 15.5 Å². The zero-order chi connectivity index (χ0) is 22.5. The number of nitro benzene ring substituents is 1. The minimum absolute atomic E-state index is 0.178. The van der Waals surface area contributed by atoms with Crippen molar-refractivity contribution in [2.75, 3.05) is 28.6 Å². The fourth-order valence-corrected chi connectivity index (χ4v) is 3.68. The number of amides is 1. The molecule has 0 saturated carbocycles. The van der Waals surface area contributed by atoms with Gasteiger partial charge in [0.2, 0.25) is 0 Å². The first kappa shape index (κ1) is 21.2. The Balaban J connectivity index is 1.47. The smallest absolute Gasteiger partial charge is 0.293 e. The largest absolute Gasteiger partial charge is 0.371 e. The van der Waals surface area contributed by atoms with E-state index in [1.807, 2.05) is 31.2 Å². The maximum absolute atomic E-state index is 12.7. The highest BCUT2D eigenvalue weighted by atomic mass is 16.6. The van der Waals surface area contributed by atoms with Gasteiger partial charge in [0.25, 0.3) is 11.6 Å². The Bertz CT molecular complexity index is 1100. The van der Waals surface area contributed by atoms with E-state index in [-0.39, 0.29) is 17.3 Å². The molecule has 1 aromatic carbocycles. The Hall–Kier alpha value is -4.01. The molecule has 0 spiro atoms. The highest BCUT2D eigenvalue weighted by Crippen LogP contribution is 2.29. The minimum atomic E-state index is -0.503. The van der Waals surface area contributed by atoms with E-state index < -0.39 is 10.8 Å². The summed E-state index contributed by atoms with van der Waals surface area (Å²) < 4.78 is 0. The third-order valence-corrected chi connectivity index (χ3v) is 5.40. The van der Waals surface area contributed by atoms with Crippen LogP contribution < -0.4 is 15.5 Å². The topological polar surface area (TPSA) is 113 Å². The molecule has 0 radical (unpaired) electrons. The normalized spacial score (nSPS) is 14.1. The Labute approximate surface area is 185 Å². The molecule has 9 nitrogen and oxygen atoms in total. The second-order valence-corrected chi connectivity index (χ2v) is 7.66. The van der Waals surface area contributed by atoms with Crippen molar-refractivity contribution < 1.29 is 9.72 Å². The second kappa shape index (κ2) is 9.42. The van der Waals surface area contributed by atoms with Crippen molar-refractivity contribution in [3.63, 3.8) is 0 Å². The number of pyridine rings is 2. The van der Waals surface area contributed by atoms with Crippen LogP contribution in [0.5, 0.6) is 0 Å². The van der Waals surface area contributed by atoms with Gasteiger partial charge in [0, 0.05) is 30.9 Å². The number of carbonyl (C=O) groups excluding carboxylic acids is 1. The first-order valence-electron chi connectivity index (χ1n) is 10.5. The van der Waals surface area contributed by atoms with Crippen LogP contribution in [-0.2, 0) is 0 Å². The molecule has 1 unspecified atom stereocenters. The summed E-state index contributed by atoms with van der Waals surface area (Å²) in [5.41, 5.74) is 1.63. The van der Waals surface area contributed by atoms with Gasteiger partial charge in [-0.3, -0.25) is 19.9 Å². The van der Waals surface area contributed by atoms with Crippen LogP contribution in [-0.4, -0.2) is 33.9 Å².